The maximum absolute atomic E-state index is 12.4. The summed E-state index contributed by atoms with van der Waals surface area (Å²) in [5.41, 5.74) is 5.68. The molecule has 0 fully saturated rings. The smallest absolute Gasteiger partial charge is 0.329 e. The minimum Gasteiger partial charge on any atom is -0.490 e. The fourth-order valence-corrected chi connectivity index (χ4v) is 3.40. The van der Waals surface area contributed by atoms with Crippen LogP contribution in [0.4, 0.5) is 11.4 Å². The Morgan fingerprint density at radius 1 is 0.947 bits per heavy atom. The van der Waals surface area contributed by atoms with Crippen LogP contribution in [0.3, 0.4) is 0 Å². The molecule has 0 saturated carbocycles. The lowest BCUT2D eigenvalue weighted by atomic mass is 10.1. The highest BCUT2D eigenvalue weighted by atomic mass is 35.5. The van der Waals surface area contributed by atoms with Crippen LogP contribution < -0.4 is 25.5 Å². The molecule has 0 aliphatic rings. The first-order chi connectivity index (χ1) is 18.2. The predicted octanol–water partition coefficient (Wildman–Crippen LogP) is 4.63. The van der Waals surface area contributed by atoms with E-state index in [-0.39, 0.29) is 12.5 Å². The number of halogens is 1. The molecule has 3 aromatic rings. The fourth-order valence-electron chi connectivity index (χ4n) is 3.22. The number of amides is 3. The molecule has 0 unspecified atom stereocenters. The van der Waals surface area contributed by atoms with Gasteiger partial charge in [0.1, 0.15) is 18.1 Å². The van der Waals surface area contributed by atoms with E-state index in [4.69, 9.17) is 21.1 Å². The first kappa shape index (κ1) is 27.9. The van der Waals surface area contributed by atoms with E-state index < -0.39 is 11.8 Å². The van der Waals surface area contributed by atoms with E-state index in [1.54, 1.807) is 48.5 Å². The summed E-state index contributed by atoms with van der Waals surface area (Å²) in [6, 6.07) is 16.9. The average Bonchev–Trinajstić information content (AvgIpc) is 2.89. The Labute approximate surface area is 225 Å². The number of nitrogens with one attached hydrogen (secondary N) is 3. The van der Waals surface area contributed by atoms with Crippen LogP contribution in [0.5, 0.6) is 11.5 Å². The Bertz CT molecular complexity index is 1360. The third-order valence-corrected chi connectivity index (χ3v) is 5.28. The second-order valence-corrected chi connectivity index (χ2v) is 8.55. The molecule has 10 heteroatoms. The molecule has 3 aromatic carbocycles. The number of carbonyl (C=O) groups excluding carboxylic acids is 3. The largest absolute Gasteiger partial charge is 0.490 e. The molecule has 3 amide bonds. The number of rotatable bonds is 10. The van der Waals surface area contributed by atoms with Crippen LogP contribution in [0.15, 0.2) is 78.4 Å². The van der Waals surface area contributed by atoms with E-state index in [2.05, 4.69) is 27.7 Å². The summed E-state index contributed by atoms with van der Waals surface area (Å²) < 4.78 is 11.0. The van der Waals surface area contributed by atoms with Crippen LogP contribution in [0.25, 0.3) is 0 Å². The fraction of sp³-hybridized carbons (Fsp3) is 0.143. The van der Waals surface area contributed by atoms with E-state index >= 15 is 0 Å². The molecule has 9 nitrogen and oxygen atoms in total. The Balaban J connectivity index is 1.55. The van der Waals surface area contributed by atoms with Crippen molar-refractivity contribution in [1.82, 2.24) is 5.43 Å². The van der Waals surface area contributed by atoms with Crippen molar-refractivity contribution in [3.8, 4) is 11.5 Å². The number of hydrogen-bond donors (Lipinski definition) is 3. The van der Waals surface area contributed by atoms with Gasteiger partial charge < -0.3 is 20.1 Å². The van der Waals surface area contributed by atoms with Gasteiger partial charge in [-0.15, -0.1) is 0 Å². The van der Waals surface area contributed by atoms with Crippen molar-refractivity contribution in [3.63, 3.8) is 0 Å². The zero-order valence-electron chi connectivity index (χ0n) is 20.9. The zero-order chi connectivity index (χ0) is 27.5. The van der Waals surface area contributed by atoms with Gasteiger partial charge in [-0.05, 0) is 67.9 Å². The van der Waals surface area contributed by atoms with E-state index in [0.29, 0.717) is 40.1 Å². The quantitative estimate of drug-likeness (QED) is 0.152. The number of anilines is 2. The van der Waals surface area contributed by atoms with Crippen molar-refractivity contribution in [2.75, 3.05) is 23.8 Å². The Kier molecular flexibility index (Phi) is 10.0. The SMILES string of the molecule is C=CCOc1ccc(NC(=O)C(=O)N/N=C\c2cc(Cl)ccc2OCC(=O)Nc2ccc(C)cc2C)cc1. The van der Waals surface area contributed by atoms with Crippen LogP contribution >= 0.6 is 11.6 Å². The maximum Gasteiger partial charge on any atom is 0.329 e. The summed E-state index contributed by atoms with van der Waals surface area (Å²) in [6.45, 7) is 7.54. The van der Waals surface area contributed by atoms with Crippen LogP contribution in [0, 0.1) is 13.8 Å². The van der Waals surface area contributed by atoms with Crippen LogP contribution in [0.1, 0.15) is 16.7 Å². The Morgan fingerprint density at radius 2 is 1.71 bits per heavy atom. The van der Waals surface area contributed by atoms with E-state index in [9.17, 15) is 14.4 Å². The van der Waals surface area contributed by atoms with Crippen LogP contribution in [0.2, 0.25) is 5.02 Å². The summed E-state index contributed by atoms with van der Waals surface area (Å²) in [7, 11) is 0. The molecule has 0 aliphatic heterocycles. The van der Waals surface area contributed by atoms with Gasteiger partial charge in [-0.3, -0.25) is 14.4 Å². The van der Waals surface area contributed by atoms with Crippen LogP contribution in [-0.2, 0) is 14.4 Å². The highest BCUT2D eigenvalue weighted by molar-refractivity contribution is 6.39. The van der Waals surface area contributed by atoms with Crippen molar-refractivity contribution < 1.29 is 23.9 Å². The molecule has 38 heavy (non-hydrogen) atoms. The van der Waals surface area contributed by atoms with E-state index in [0.717, 1.165) is 11.1 Å². The summed E-state index contributed by atoms with van der Waals surface area (Å²) >= 11 is 6.08. The molecule has 196 valence electrons. The van der Waals surface area contributed by atoms with Crippen molar-refractivity contribution >= 4 is 46.9 Å². The summed E-state index contributed by atoms with van der Waals surface area (Å²) in [6.07, 6.45) is 2.88. The molecule has 0 bridgehead atoms. The number of aryl methyl sites for hydroxylation is 2. The third kappa shape index (κ3) is 8.49. The average molecular weight is 535 g/mol. The maximum atomic E-state index is 12.4. The first-order valence-corrected chi connectivity index (χ1v) is 11.9. The van der Waals surface area contributed by atoms with E-state index in [1.807, 2.05) is 32.0 Å². The second-order valence-electron chi connectivity index (χ2n) is 8.11. The number of benzene rings is 3. The number of carbonyl (C=O) groups is 3. The van der Waals surface area contributed by atoms with Crippen molar-refractivity contribution in [2.24, 2.45) is 5.10 Å². The zero-order valence-corrected chi connectivity index (χ0v) is 21.7. The van der Waals surface area contributed by atoms with Gasteiger partial charge in [-0.1, -0.05) is 42.0 Å². The molecular formula is C28H27ClN4O5. The molecule has 0 heterocycles. The first-order valence-electron chi connectivity index (χ1n) is 11.5. The topological polar surface area (TPSA) is 118 Å². The molecular weight excluding hydrogens is 508 g/mol. The summed E-state index contributed by atoms with van der Waals surface area (Å²) in [4.78, 5) is 36.7. The molecule has 0 atom stereocenters. The second kappa shape index (κ2) is 13.6. The van der Waals surface area contributed by atoms with Gasteiger partial charge in [-0.2, -0.15) is 5.10 Å². The lowest BCUT2D eigenvalue weighted by molar-refractivity contribution is -0.136. The van der Waals surface area contributed by atoms with Gasteiger partial charge >= 0.3 is 11.8 Å². The van der Waals surface area contributed by atoms with Crippen molar-refractivity contribution in [3.05, 3.63) is 95.0 Å². The van der Waals surface area contributed by atoms with Gasteiger partial charge in [0.15, 0.2) is 6.61 Å². The summed E-state index contributed by atoms with van der Waals surface area (Å²) in [5, 5.41) is 9.47. The molecule has 0 aliphatic carbocycles. The predicted molar refractivity (Wildman–Crippen MR) is 148 cm³/mol. The van der Waals surface area contributed by atoms with Crippen molar-refractivity contribution in [2.45, 2.75) is 13.8 Å². The molecule has 0 spiro atoms. The highest BCUT2D eigenvalue weighted by Gasteiger charge is 2.13. The van der Waals surface area contributed by atoms with Gasteiger partial charge in [-0.25, -0.2) is 5.43 Å². The highest BCUT2D eigenvalue weighted by Crippen LogP contribution is 2.22. The normalized spacial score (nSPS) is 10.5. The van der Waals surface area contributed by atoms with Gasteiger partial charge in [0.25, 0.3) is 5.91 Å². The van der Waals surface area contributed by atoms with Crippen LogP contribution in [-0.4, -0.2) is 37.1 Å². The molecule has 0 saturated heterocycles. The minimum atomic E-state index is -0.981. The molecule has 3 rings (SSSR count). The van der Waals surface area contributed by atoms with Gasteiger partial charge in [0.2, 0.25) is 0 Å². The molecule has 0 aromatic heterocycles. The monoisotopic (exact) mass is 534 g/mol. The lowest BCUT2D eigenvalue weighted by Gasteiger charge is -2.12. The van der Waals surface area contributed by atoms with E-state index in [1.165, 1.54) is 6.21 Å². The number of ether oxygens (including phenoxy) is 2. The number of hydrogen-bond acceptors (Lipinski definition) is 6. The lowest BCUT2D eigenvalue weighted by Crippen LogP contribution is -2.32. The Hall–Kier alpha value is -4.63. The minimum absolute atomic E-state index is 0.262. The third-order valence-electron chi connectivity index (χ3n) is 5.04. The Morgan fingerprint density at radius 3 is 2.42 bits per heavy atom. The number of hydrazone groups is 1. The molecule has 0 radical (unpaired) electrons. The standard InChI is InChI=1S/C28H27ClN4O5/c1-4-13-37-23-9-7-22(8-10-23)31-27(35)28(36)33-30-16-20-15-21(29)6-12-25(20)38-17-26(34)32-24-11-5-18(2)14-19(24)3/h4-12,14-16H,1,13,17H2,2-3H3,(H,31,35)(H,32,34)(H,33,36)/b30-16-. The van der Waals surface area contributed by atoms with Gasteiger partial charge in [0, 0.05) is 22.0 Å². The van der Waals surface area contributed by atoms with Crippen molar-refractivity contribution in [1.29, 1.82) is 0 Å². The van der Waals surface area contributed by atoms with Gasteiger partial charge in [0.05, 0.1) is 6.21 Å². The molecule has 3 N–H and O–H groups in total. The summed E-state index contributed by atoms with van der Waals surface area (Å²) in [5.74, 6) is -1.33. The number of nitrogens with zero attached hydrogens (tertiary/aromatic N) is 1.